The average molecular weight is 289 g/mol. The molecular formula is C16H23N3O2. The number of pyridine rings is 1. The first-order valence-electron chi connectivity index (χ1n) is 7.82. The molecule has 2 heterocycles. The summed E-state index contributed by atoms with van der Waals surface area (Å²) in [5.41, 5.74) is 1.21. The lowest BCUT2D eigenvalue weighted by Gasteiger charge is -2.33. The fourth-order valence-corrected chi connectivity index (χ4v) is 2.90. The number of nitrogens with one attached hydrogen (secondary N) is 1. The lowest BCUT2D eigenvalue weighted by Crippen LogP contribution is -2.44. The van der Waals surface area contributed by atoms with Crippen LogP contribution in [0.1, 0.15) is 31.2 Å². The SMILES string of the molecule is O=C(NC1CC1)[C@H](O)C1CCN(Cc2cccnc2)CC1. The first-order valence-corrected chi connectivity index (χ1v) is 7.82. The molecular weight excluding hydrogens is 266 g/mol. The molecule has 5 nitrogen and oxygen atoms in total. The topological polar surface area (TPSA) is 65.5 Å². The summed E-state index contributed by atoms with van der Waals surface area (Å²) in [6, 6.07) is 4.35. The second-order valence-corrected chi connectivity index (χ2v) is 6.20. The molecule has 0 aromatic carbocycles. The molecule has 1 aromatic rings. The highest BCUT2D eigenvalue weighted by molar-refractivity contribution is 5.81. The molecule has 1 atom stereocenters. The summed E-state index contributed by atoms with van der Waals surface area (Å²) in [4.78, 5) is 18.4. The molecule has 2 aliphatic rings. The quantitative estimate of drug-likeness (QED) is 0.846. The van der Waals surface area contributed by atoms with Crippen molar-refractivity contribution >= 4 is 5.91 Å². The molecule has 2 fully saturated rings. The molecule has 1 aliphatic heterocycles. The monoisotopic (exact) mass is 289 g/mol. The van der Waals surface area contributed by atoms with Gasteiger partial charge in [-0.25, -0.2) is 0 Å². The van der Waals surface area contributed by atoms with Crippen molar-refractivity contribution in [3.63, 3.8) is 0 Å². The van der Waals surface area contributed by atoms with Crippen molar-refractivity contribution in [2.24, 2.45) is 5.92 Å². The Morgan fingerprint density at radius 1 is 1.38 bits per heavy atom. The number of aromatic nitrogens is 1. The number of aliphatic hydroxyl groups is 1. The van der Waals surface area contributed by atoms with Gasteiger partial charge in [-0.2, -0.15) is 0 Å². The van der Waals surface area contributed by atoms with E-state index < -0.39 is 6.10 Å². The Bertz CT molecular complexity index is 468. The number of piperidine rings is 1. The number of hydrogen-bond donors (Lipinski definition) is 2. The van der Waals surface area contributed by atoms with Crippen LogP contribution in [-0.2, 0) is 11.3 Å². The molecule has 114 valence electrons. The number of amides is 1. The van der Waals surface area contributed by atoms with Crippen molar-refractivity contribution < 1.29 is 9.90 Å². The Morgan fingerprint density at radius 3 is 2.76 bits per heavy atom. The number of carbonyl (C=O) groups is 1. The number of likely N-dealkylation sites (tertiary alicyclic amines) is 1. The first-order chi connectivity index (χ1) is 10.2. The second-order valence-electron chi connectivity index (χ2n) is 6.20. The molecule has 1 aromatic heterocycles. The van der Waals surface area contributed by atoms with E-state index in [9.17, 15) is 9.90 Å². The predicted octanol–water partition coefficient (Wildman–Crippen LogP) is 0.933. The fourth-order valence-electron chi connectivity index (χ4n) is 2.90. The van der Waals surface area contributed by atoms with Gasteiger partial charge in [-0.15, -0.1) is 0 Å². The highest BCUT2D eigenvalue weighted by Crippen LogP contribution is 2.24. The largest absolute Gasteiger partial charge is 0.383 e. The summed E-state index contributed by atoms with van der Waals surface area (Å²) in [6.07, 6.45) is 6.70. The van der Waals surface area contributed by atoms with Crippen molar-refractivity contribution in [3.05, 3.63) is 30.1 Å². The molecule has 5 heteroatoms. The van der Waals surface area contributed by atoms with Crippen LogP contribution in [0.25, 0.3) is 0 Å². The minimum atomic E-state index is -0.842. The van der Waals surface area contributed by atoms with E-state index in [0.29, 0.717) is 6.04 Å². The van der Waals surface area contributed by atoms with Crippen LogP contribution in [0.4, 0.5) is 0 Å². The third kappa shape index (κ3) is 4.02. The van der Waals surface area contributed by atoms with Crippen LogP contribution in [0.2, 0.25) is 0 Å². The van der Waals surface area contributed by atoms with Gasteiger partial charge in [0.05, 0.1) is 0 Å². The molecule has 1 aliphatic carbocycles. The smallest absolute Gasteiger partial charge is 0.249 e. The zero-order chi connectivity index (χ0) is 14.7. The summed E-state index contributed by atoms with van der Waals surface area (Å²) in [6.45, 7) is 2.74. The van der Waals surface area contributed by atoms with Gasteiger partial charge in [0, 0.05) is 25.0 Å². The van der Waals surface area contributed by atoms with Gasteiger partial charge >= 0.3 is 0 Å². The highest BCUT2D eigenvalue weighted by Gasteiger charge is 2.32. The van der Waals surface area contributed by atoms with Crippen molar-refractivity contribution in [2.75, 3.05) is 13.1 Å². The summed E-state index contributed by atoms with van der Waals surface area (Å²) in [5, 5.41) is 13.0. The third-order valence-electron chi connectivity index (χ3n) is 4.40. The Labute approximate surface area is 125 Å². The molecule has 3 rings (SSSR count). The molecule has 2 N–H and O–H groups in total. The highest BCUT2D eigenvalue weighted by atomic mass is 16.3. The maximum absolute atomic E-state index is 11.9. The normalized spacial score (nSPS) is 22.0. The lowest BCUT2D eigenvalue weighted by atomic mass is 9.90. The Hall–Kier alpha value is -1.46. The van der Waals surface area contributed by atoms with E-state index in [2.05, 4.69) is 21.3 Å². The molecule has 21 heavy (non-hydrogen) atoms. The van der Waals surface area contributed by atoms with Crippen molar-refractivity contribution in [2.45, 2.75) is 44.4 Å². The maximum atomic E-state index is 11.9. The van der Waals surface area contributed by atoms with Gasteiger partial charge in [0.1, 0.15) is 6.10 Å². The van der Waals surface area contributed by atoms with E-state index in [1.165, 1.54) is 5.56 Å². The standard InChI is InChI=1S/C16H23N3O2/c20-15(16(21)18-14-3-4-14)13-5-8-19(9-6-13)11-12-2-1-7-17-10-12/h1-2,7,10,13-15,20H,3-6,8-9,11H2,(H,18,21)/t15-/m1/s1. The third-order valence-corrected chi connectivity index (χ3v) is 4.40. The zero-order valence-electron chi connectivity index (χ0n) is 12.2. The van der Waals surface area contributed by atoms with Gasteiger partial charge in [0.25, 0.3) is 0 Å². The van der Waals surface area contributed by atoms with Gasteiger partial charge in [0.15, 0.2) is 0 Å². The van der Waals surface area contributed by atoms with E-state index in [4.69, 9.17) is 0 Å². The molecule has 1 amide bonds. The maximum Gasteiger partial charge on any atom is 0.249 e. The molecule has 1 saturated carbocycles. The zero-order valence-corrected chi connectivity index (χ0v) is 12.2. The number of hydrogen-bond acceptors (Lipinski definition) is 4. The van der Waals surface area contributed by atoms with Gasteiger partial charge in [-0.1, -0.05) is 6.07 Å². The van der Waals surface area contributed by atoms with Crippen LogP contribution in [0.5, 0.6) is 0 Å². The van der Waals surface area contributed by atoms with Crippen LogP contribution in [0.15, 0.2) is 24.5 Å². The molecule has 0 bridgehead atoms. The summed E-state index contributed by atoms with van der Waals surface area (Å²) < 4.78 is 0. The predicted molar refractivity (Wildman–Crippen MR) is 79.4 cm³/mol. The van der Waals surface area contributed by atoms with Crippen LogP contribution in [-0.4, -0.2) is 46.1 Å². The van der Waals surface area contributed by atoms with Crippen molar-refractivity contribution in [3.8, 4) is 0 Å². The minimum absolute atomic E-state index is 0.0916. The van der Waals surface area contributed by atoms with Gasteiger partial charge in [-0.05, 0) is 56.3 Å². The van der Waals surface area contributed by atoms with Gasteiger partial charge in [-0.3, -0.25) is 14.7 Å². The lowest BCUT2D eigenvalue weighted by molar-refractivity contribution is -0.133. The Morgan fingerprint density at radius 2 is 2.14 bits per heavy atom. The second kappa shape index (κ2) is 6.54. The number of carbonyl (C=O) groups excluding carboxylic acids is 1. The van der Waals surface area contributed by atoms with Crippen molar-refractivity contribution in [1.82, 2.24) is 15.2 Å². The number of nitrogens with zero attached hydrogens (tertiary/aromatic N) is 2. The molecule has 1 saturated heterocycles. The summed E-state index contributed by atoms with van der Waals surface area (Å²) in [7, 11) is 0. The summed E-state index contributed by atoms with van der Waals surface area (Å²) in [5.74, 6) is -0.0860. The molecule has 0 spiro atoms. The van der Waals surface area contributed by atoms with E-state index in [1.54, 1.807) is 6.20 Å². The fraction of sp³-hybridized carbons (Fsp3) is 0.625. The summed E-state index contributed by atoms with van der Waals surface area (Å²) >= 11 is 0. The number of rotatable bonds is 5. The number of aliphatic hydroxyl groups excluding tert-OH is 1. The minimum Gasteiger partial charge on any atom is -0.383 e. The van der Waals surface area contributed by atoms with E-state index in [1.807, 2.05) is 12.3 Å². The van der Waals surface area contributed by atoms with Crippen LogP contribution < -0.4 is 5.32 Å². The van der Waals surface area contributed by atoms with Crippen LogP contribution in [0, 0.1) is 5.92 Å². The average Bonchev–Trinajstić information content (AvgIpc) is 3.32. The van der Waals surface area contributed by atoms with Crippen LogP contribution >= 0.6 is 0 Å². The molecule has 0 radical (unpaired) electrons. The Balaban J connectivity index is 1.44. The van der Waals surface area contributed by atoms with E-state index in [-0.39, 0.29) is 11.8 Å². The Kier molecular flexibility index (Phi) is 4.51. The van der Waals surface area contributed by atoms with E-state index in [0.717, 1.165) is 45.3 Å². The molecule has 0 unspecified atom stereocenters. The van der Waals surface area contributed by atoms with E-state index >= 15 is 0 Å². The first kappa shape index (κ1) is 14.5. The van der Waals surface area contributed by atoms with Gasteiger partial charge < -0.3 is 10.4 Å². The van der Waals surface area contributed by atoms with Crippen LogP contribution in [0.3, 0.4) is 0 Å². The van der Waals surface area contributed by atoms with Crippen molar-refractivity contribution in [1.29, 1.82) is 0 Å². The van der Waals surface area contributed by atoms with Gasteiger partial charge in [0.2, 0.25) is 5.91 Å².